The maximum Gasteiger partial charge on any atom is 0.138 e. The fraction of sp³-hybridized carbons (Fsp3) is 0.571. The van der Waals surface area contributed by atoms with E-state index in [1.807, 2.05) is 23.1 Å². The number of fused-ring (bicyclic) bond motifs is 1. The molecule has 0 radical (unpaired) electrons. The summed E-state index contributed by atoms with van der Waals surface area (Å²) in [7, 11) is 4.02. The normalized spacial score (nSPS) is 20.2. The molecule has 102 valence electrons. The summed E-state index contributed by atoms with van der Waals surface area (Å²) in [5.41, 5.74) is 1.55. The third-order valence-electron chi connectivity index (χ3n) is 4.16. The Hall–Kier alpha value is -1.20. The van der Waals surface area contributed by atoms with Gasteiger partial charge in [0.1, 0.15) is 12.2 Å². The van der Waals surface area contributed by atoms with Crippen LogP contribution in [0.15, 0.2) is 17.8 Å². The smallest absolute Gasteiger partial charge is 0.138 e. The van der Waals surface area contributed by atoms with E-state index >= 15 is 0 Å². The van der Waals surface area contributed by atoms with Crippen LogP contribution in [0, 0.1) is 0 Å². The maximum atomic E-state index is 4.36. The van der Waals surface area contributed by atoms with E-state index in [1.54, 1.807) is 16.8 Å². The average Bonchev–Trinajstić information content (AvgIpc) is 3.04. The summed E-state index contributed by atoms with van der Waals surface area (Å²) in [5, 5.41) is 9.89. The van der Waals surface area contributed by atoms with Gasteiger partial charge in [0.15, 0.2) is 0 Å². The van der Waals surface area contributed by atoms with Gasteiger partial charge in [-0.3, -0.25) is 4.68 Å². The van der Waals surface area contributed by atoms with Crippen LogP contribution < -0.4 is 5.32 Å². The largest absolute Gasteiger partial charge is 0.316 e. The Balaban J connectivity index is 1.82. The van der Waals surface area contributed by atoms with Crippen LogP contribution in [0.3, 0.4) is 0 Å². The van der Waals surface area contributed by atoms with E-state index in [0.29, 0.717) is 12.0 Å². The minimum Gasteiger partial charge on any atom is -0.316 e. The van der Waals surface area contributed by atoms with Gasteiger partial charge in [-0.25, -0.2) is 4.98 Å². The summed E-state index contributed by atoms with van der Waals surface area (Å²) in [6.07, 6.45) is 6.40. The second-order valence-electron chi connectivity index (χ2n) is 5.20. The first kappa shape index (κ1) is 12.8. The molecule has 0 spiro atoms. The number of hydrogen-bond donors (Lipinski definition) is 1. The second kappa shape index (κ2) is 5.43. The Morgan fingerprint density at radius 2 is 2.47 bits per heavy atom. The zero-order chi connectivity index (χ0) is 13.2. The first-order chi connectivity index (χ1) is 9.29. The van der Waals surface area contributed by atoms with Gasteiger partial charge < -0.3 is 5.32 Å². The van der Waals surface area contributed by atoms with Crippen molar-refractivity contribution in [1.82, 2.24) is 20.1 Å². The van der Waals surface area contributed by atoms with Crippen molar-refractivity contribution >= 4 is 11.3 Å². The summed E-state index contributed by atoms with van der Waals surface area (Å²) in [6.45, 7) is 0. The first-order valence-corrected chi connectivity index (χ1v) is 7.74. The van der Waals surface area contributed by atoms with Crippen LogP contribution in [0.5, 0.6) is 0 Å². The third kappa shape index (κ3) is 2.44. The molecule has 2 atom stereocenters. The predicted octanol–water partition coefficient (Wildman–Crippen LogP) is 2.13. The van der Waals surface area contributed by atoms with Crippen molar-refractivity contribution in [3.8, 4) is 0 Å². The van der Waals surface area contributed by atoms with Crippen molar-refractivity contribution in [3.63, 3.8) is 0 Å². The van der Waals surface area contributed by atoms with Gasteiger partial charge in [0, 0.05) is 30.3 Å². The lowest BCUT2D eigenvalue weighted by Gasteiger charge is -2.30. The average molecular weight is 276 g/mol. The van der Waals surface area contributed by atoms with Crippen molar-refractivity contribution in [3.05, 3.63) is 34.0 Å². The first-order valence-electron chi connectivity index (χ1n) is 6.86. The van der Waals surface area contributed by atoms with Gasteiger partial charge in [0.05, 0.1) is 0 Å². The third-order valence-corrected chi connectivity index (χ3v) is 5.16. The van der Waals surface area contributed by atoms with E-state index in [0.717, 1.165) is 12.2 Å². The van der Waals surface area contributed by atoms with Crippen LogP contribution in [-0.2, 0) is 19.9 Å². The van der Waals surface area contributed by atoms with Gasteiger partial charge in [-0.1, -0.05) is 0 Å². The van der Waals surface area contributed by atoms with Crippen molar-refractivity contribution in [2.75, 3.05) is 7.05 Å². The zero-order valence-corrected chi connectivity index (χ0v) is 12.3. The number of aromatic nitrogens is 3. The zero-order valence-electron chi connectivity index (χ0n) is 11.5. The molecule has 2 heterocycles. The Morgan fingerprint density at radius 1 is 1.58 bits per heavy atom. The van der Waals surface area contributed by atoms with Gasteiger partial charge in [-0.15, -0.1) is 11.3 Å². The highest BCUT2D eigenvalue weighted by Crippen LogP contribution is 2.37. The highest BCUT2D eigenvalue weighted by atomic mass is 32.1. The number of likely N-dealkylation sites (N-methyl/N-ethyl adjacent to an activating group) is 1. The summed E-state index contributed by atoms with van der Waals surface area (Å²) in [4.78, 5) is 5.93. The number of hydrogen-bond acceptors (Lipinski definition) is 4. The molecule has 3 rings (SSSR count). The number of thiophene rings is 1. The standard InChI is InChI=1S/C14H20N4S/c1-15-12(8-14-16-9-17-18(14)2)10-4-3-5-13-11(10)6-7-19-13/h6-7,9-10,12,15H,3-5,8H2,1-2H3. The molecule has 0 aromatic carbocycles. The van der Waals surface area contributed by atoms with Crippen LogP contribution in [0.1, 0.15) is 35.0 Å². The fourth-order valence-electron chi connectivity index (χ4n) is 3.09. The SMILES string of the molecule is CNC(Cc1ncnn1C)C1CCCc2sccc21. The molecule has 0 amide bonds. The summed E-state index contributed by atoms with van der Waals surface area (Å²) in [6, 6.07) is 2.75. The van der Waals surface area contributed by atoms with Gasteiger partial charge in [0.25, 0.3) is 0 Å². The predicted molar refractivity (Wildman–Crippen MR) is 77.6 cm³/mol. The minimum atomic E-state index is 0.441. The highest BCUT2D eigenvalue weighted by Gasteiger charge is 2.28. The highest BCUT2D eigenvalue weighted by molar-refractivity contribution is 7.10. The number of aryl methyl sites for hydroxylation is 2. The van der Waals surface area contributed by atoms with E-state index in [4.69, 9.17) is 0 Å². The maximum absolute atomic E-state index is 4.36. The Morgan fingerprint density at radius 3 is 3.21 bits per heavy atom. The topological polar surface area (TPSA) is 42.7 Å². The van der Waals surface area contributed by atoms with Gasteiger partial charge in [-0.05, 0) is 43.3 Å². The lowest BCUT2D eigenvalue weighted by atomic mass is 9.81. The molecule has 0 saturated heterocycles. The van der Waals surface area contributed by atoms with Crippen molar-refractivity contribution < 1.29 is 0 Å². The molecular formula is C14H20N4S. The van der Waals surface area contributed by atoms with Crippen molar-refractivity contribution in [2.45, 2.75) is 37.6 Å². The monoisotopic (exact) mass is 276 g/mol. The molecule has 5 heteroatoms. The van der Waals surface area contributed by atoms with Crippen molar-refractivity contribution in [1.29, 1.82) is 0 Å². The molecule has 4 nitrogen and oxygen atoms in total. The van der Waals surface area contributed by atoms with E-state index in [-0.39, 0.29) is 0 Å². The van der Waals surface area contributed by atoms with Gasteiger partial charge in [0.2, 0.25) is 0 Å². The van der Waals surface area contributed by atoms with Crippen LogP contribution in [0.25, 0.3) is 0 Å². The molecule has 1 N–H and O–H groups in total. The minimum absolute atomic E-state index is 0.441. The lowest BCUT2D eigenvalue weighted by Crippen LogP contribution is -2.36. The van der Waals surface area contributed by atoms with E-state index in [2.05, 4.69) is 33.9 Å². The molecular weight excluding hydrogens is 256 g/mol. The van der Waals surface area contributed by atoms with Crippen LogP contribution in [0.4, 0.5) is 0 Å². The Kier molecular flexibility index (Phi) is 3.66. The fourth-order valence-corrected chi connectivity index (χ4v) is 4.08. The second-order valence-corrected chi connectivity index (χ2v) is 6.20. The molecule has 1 aliphatic carbocycles. The number of rotatable bonds is 4. The molecule has 0 aliphatic heterocycles. The molecule has 2 aromatic heterocycles. The van der Waals surface area contributed by atoms with Crippen LogP contribution in [0.2, 0.25) is 0 Å². The van der Waals surface area contributed by atoms with Gasteiger partial charge >= 0.3 is 0 Å². The molecule has 19 heavy (non-hydrogen) atoms. The quantitative estimate of drug-likeness (QED) is 0.930. The molecule has 2 aromatic rings. The summed E-state index contributed by atoms with van der Waals surface area (Å²) < 4.78 is 1.88. The lowest BCUT2D eigenvalue weighted by molar-refractivity contribution is 0.404. The Bertz CT molecular complexity index is 545. The van der Waals surface area contributed by atoms with Gasteiger partial charge in [-0.2, -0.15) is 5.10 Å². The van der Waals surface area contributed by atoms with Crippen LogP contribution in [-0.4, -0.2) is 27.9 Å². The van der Waals surface area contributed by atoms with E-state index < -0.39 is 0 Å². The van der Waals surface area contributed by atoms with Crippen molar-refractivity contribution in [2.24, 2.45) is 7.05 Å². The van der Waals surface area contributed by atoms with Crippen LogP contribution >= 0.6 is 11.3 Å². The molecule has 0 saturated carbocycles. The summed E-state index contributed by atoms with van der Waals surface area (Å²) >= 11 is 1.91. The molecule has 0 fully saturated rings. The number of nitrogens with one attached hydrogen (secondary N) is 1. The molecule has 0 bridgehead atoms. The van der Waals surface area contributed by atoms with E-state index in [9.17, 15) is 0 Å². The summed E-state index contributed by atoms with van der Waals surface area (Å²) in [5.74, 6) is 1.67. The Labute approximate surface area is 117 Å². The molecule has 2 unspecified atom stereocenters. The molecule has 1 aliphatic rings. The van der Waals surface area contributed by atoms with E-state index in [1.165, 1.54) is 19.3 Å². The number of nitrogens with zero attached hydrogens (tertiary/aromatic N) is 3.